The number of hydrogen-bond donors (Lipinski definition) is 1. The van der Waals surface area contributed by atoms with Crippen LogP contribution in [0.25, 0.3) is 0 Å². The first-order valence-electron chi connectivity index (χ1n) is 7.55. The highest BCUT2D eigenvalue weighted by molar-refractivity contribution is 8.00. The lowest BCUT2D eigenvalue weighted by Gasteiger charge is -2.01. The summed E-state index contributed by atoms with van der Waals surface area (Å²) in [4.78, 5) is 12.1. The molecule has 0 atom stereocenters. The van der Waals surface area contributed by atoms with E-state index in [4.69, 9.17) is 0 Å². The third-order valence-corrected chi connectivity index (χ3v) is 5.43. The Morgan fingerprint density at radius 3 is 2.75 bits per heavy atom. The van der Waals surface area contributed by atoms with Gasteiger partial charge in [-0.2, -0.15) is 0 Å². The van der Waals surface area contributed by atoms with Gasteiger partial charge in [-0.25, -0.2) is 0 Å². The van der Waals surface area contributed by atoms with Crippen molar-refractivity contribution in [3.05, 3.63) is 71.3 Å². The summed E-state index contributed by atoms with van der Waals surface area (Å²) in [5, 5.41) is 12.0. The van der Waals surface area contributed by atoms with Crippen LogP contribution in [-0.4, -0.2) is 22.5 Å². The highest BCUT2D eigenvalue weighted by atomic mass is 32.2. The molecule has 1 N–H and O–H groups in total. The predicted molar refractivity (Wildman–Crippen MR) is 99.9 cm³/mol. The SMILES string of the molecule is Cc1cccc(CSc2nnc(NCC(=O)c3ccccc3)s2)c1. The van der Waals surface area contributed by atoms with Crippen molar-refractivity contribution in [1.29, 1.82) is 0 Å². The number of hydrogen-bond acceptors (Lipinski definition) is 6. The molecule has 24 heavy (non-hydrogen) atoms. The van der Waals surface area contributed by atoms with Crippen LogP contribution in [0, 0.1) is 6.92 Å². The third-order valence-electron chi connectivity index (χ3n) is 3.35. The van der Waals surface area contributed by atoms with Gasteiger partial charge in [-0.1, -0.05) is 83.3 Å². The summed E-state index contributed by atoms with van der Waals surface area (Å²) in [6.07, 6.45) is 0. The van der Waals surface area contributed by atoms with Gasteiger partial charge in [0.05, 0.1) is 6.54 Å². The number of aryl methyl sites for hydroxylation is 1. The second-order valence-electron chi connectivity index (χ2n) is 5.29. The summed E-state index contributed by atoms with van der Waals surface area (Å²) in [6.45, 7) is 2.31. The Morgan fingerprint density at radius 2 is 1.96 bits per heavy atom. The van der Waals surface area contributed by atoms with Gasteiger partial charge in [-0.3, -0.25) is 4.79 Å². The molecule has 0 bridgehead atoms. The summed E-state index contributed by atoms with van der Waals surface area (Å²) in [6, 6.07) is 17.7. The topological polar surface area (TPSA) is 54.9 Å². The maximum atomic E-state index is 12.1. The van der Waals surface area contributed by atoms with Crippen molar-refractivity contribution < 1.29 is 4.79 Å². The minimum atomic E-state index is 0.0414. The number of anilines is 1. The van der Waals surface area contributed by atoms with Gasteiger partial charge in [0.1, 0.15) is 0 Å². The van der Waals surface area contributed by atoms with Crippen molar-refractivity contribution in [2.45, 2.75) is 17.0 Å². The van der Waals surface area contributed by atoms with Crippen LogP contribution >= 0.6 is 23.1 Å². The van der Waals surface area contributed by atoms with E-state index in [0.29, 0.717) is 10.7 Å². The van der Waals surface area contributed by atoms with Gasteiger partial charge in [0.15, 0.2) is 10.1 Å². The van der Waals surface area contributed by atoms with Crippen LogP contribution in [0.15, 0.2) is 58.9 Å². The van der Waals surface area contributed by atoms with Crippen LogP contribution < -0.4 is 5.32 Å². The average molecular weight is 355 g/mol. The van der Waals surface area contributed by atoms with Crippen LogP contribution in [0.4, 0.5) is 5.13 Å². The Bertz CT molecular complexity index is 818. The van der Waals surface area contributed by atoms with Crippen molar-refractivity contribution in [2.75, 3.05) is 11.9 Å². The fourth-order valence-corrected chi connectivity index (χ4v) is 3.86. The van der Waals surface area contributed by atoms with Gasteiger partial charge in [-0.05, 0) is 12.5 Å². The van der Waals surface area contributed by atoms with E-state index in [2.05, 4.69) is 46.7 Å². The van der Waals surface area contributed by atoms with E-state index < -0.39 is 0 Å². The zero-order valence-electron chi connectivity index (χ0n) is 13.2. The molecule has 122 valence electrons. The molecule has 3 aromatic rings. The minimum Gasteiger partial charge on any atom is -0.353 e. The molecule has 0 spiro atoms. The molecule has 0 fully saturated rings. The van der Waals surface area contributed by atoms with Crippen LogP contribution in [0.2, 0.25) is 0 Å². The first kappa shape index (κ1) is 16.7. The molecule has 6 heteroatoms. The number of rotatable bonds is 7. The summed E-state index contributed by atoms with van der Waals surface area (Å²) in [7, 11) is 0. The van der Waals surface area contributed by atoms with Crippen molar-refractivity contribution in [2.24, 2.45) is 0 Å². The number of benzene rings is 2. The van der Waals surface area contributed by atoms with E-state index in [0.717, 1.165) is 10.1 Å². The lowest BCUT2D eigenvalue weighted by Crippen LogP contribution is -2.13. The molecular formula is C18H17N3OS2. The molecule has 0 amide bonds. The van der Waals surface area contributed by atoms with Gasteiger partial charge in [0, 0.05) is 11.3 Å². The maximum absolute atomic E-state index is 12.1. The van der Waals surface area contributed by atoms with E-state index in [-0.39, 0.29) is 12.3 Å². The number of aromatic nitrogens is 2. The summed E-state index contributed by atoms with van der Waals surface area (Å²) in [5.41, 5.74) is 3.22. The lowest BCUT2D eigenvalue weighted by molar-refractivity contribution is 0.101. The Labute approximate surface area is 149 Å². The van der Waals surface area contributed by atoms with E-state index in [1.54, 1.807) is 11.8 Å². The first-order valence-corrected chi connectivity index (χ1v) is 9.35. The molecule has 0 aliphatic carbocycles. The smallest absolute Gasteiger partial charge is 0.206 e. The first-order chi connectivity index (χ1) is 11.7. The molecular weight excluding hydrogens is 338 g/mol. The normalized spacial score (nSPS) is 10.5. The van der Waals surface area contributed by atoms with Crippen LogP contribution in [0.5, 0.6) is 0 Å². The van der Waals surface area contributed by atoms with Gasteiger partial charge >= 0.3 is 0 Å². The van der Waals surface area contributed by atoms with Gasteiger partial charge in [0.2, 0.25) is 5.13 Å². The zero-order valence-corrected chi connectivity index (χ0v) is 14.9. The molecule has 4 nitrogen and oxygen atoms in total. The zero-order chi connectivity index (χ0) is 16.8. The Hall–Kier alpha value is -2.18. The molecule has 3 rings (SSSR count). The fraction of sp³-hybridized carbons (Fsp3) is 0.167. The standard InChI is InChI=1S/C18H17N3OS2/c1-13-6-5-7-14(10-13)12-23-18-21-20-17(24-18)19-11-16(22)15-8-3-2-4-9-15/h2-10H,11-12H2,1H3,(H,19,20). The minimum absolute atomic E-state index is 0.0414. The maximum Gasteiger partial charge on any atom is 0.206 e. The Kier molecular flexibility index (Phi) is 5.61. The van der Waals surface area contributed by atoms with E-state index >= 15 is 0 Å². The summed E-state index contributed by atoms with van der Waals surface area (Å²) >= 11 is 3.12. The quantitative estimate of drug-likeness (QED) is 0.502. The highest BCUT2D eigenvalue weighted by Crippen LogP contribution is 2.28. The molecule has 0 saturated heterocycles. The number of nitrogens with one attached hydrogen (secondary N) is 1. The van der Waals surface area contributed by atoms with Gasteiger partial charge in [0.25, 0.3) is 0 Å². The number of Topliss-reactive ketones (excluding diaryl/α,β-unsaturated/α-hetero) is 1. The van der Waals surface area contributed by atoms with E-state index in [1.165, 1.54) is 22.5 Å². The highest BCUT2D eigenvalue weighted by Gasteiger charge is 2.08. The Balaban J connectivity index is 1.51. The molecule has 0 aliphatic rings. The monoisotopic (exact) mass is 355 g/mol. The van der Waals surface area contributed by atoms with Crippen molar-refractivity contribution in [1.82, 2.24) is 10.2 Å². The number of carbonyl (C=O) groups is 1. The predicted octanol–water partition coefficient (Wildman–Crippen LogP) is 4.43. The number of ketones is 1. The lowest BCUT2D eigenvalue weighted by atomic mass is 10.1. The van der Waals surface area contributed by atoms with Crippen LogP contribution in [0.1, 0.15) is 21.5 Å². The largest absolute Gasteiger partial charge is 0.353 e. The summed E-state index contributed by atoms with van der Waals surface area (Å²) < 4.78 is 0.895. The average Bonchev–Trinajstić information content (AvgIpc) is 3.07. The third kappa shape index (κ3) is 4.66. The molecule has 0 aliphatic heterocycles. The van der Waals surface area contributed by atoms with Crippen LogP contribution in [0.3, 0.4) is 0 Å². The van der Waals surface area contributed by atoms with Gasteiger partial charge < -0.3 is 5.32 Å². The molecule has 2 aromatic carbocycles. The number of nitrogens with zero attached hydrogens (tertiary/aromatic N) is 2. The van der Waals surface area contributed by atoms with Crippen molar-refractivity contribution in [3.63, 3.8) is 0 Å². The second-order valence-corrected chi connectivity index (χ2v) is 7.49. The summed E-state index contributed by atoms with van der Waals surface area (Å²) in [5.74, 6) is 0.902. The molecule has 0 saturated carbocycles. The molecule has 1 aromatic heterocycles. The van der Waals surface area contributed by atoms with Gasteiger partial charge in [-0.15, -0.1) is 10.2 Å². The second kappa shape index (κ2) is 8.08. The molecule has 1 heterocycles. The van der Waals surface area contributed by atoms with Crippen LogP contribution in [-0.2, 0) is 5.75 Å². The molecule has 0 radical (unpaired) electrons. The Morgan fingerprint density at radius 1 is 1.12 bits per heavy atom. The van der Waals surface area contributed by atoms with Crippen molar-refractivity contribution >= 4 is 34.0 Å². The van der Waals surface area contributed by atoms with Crippen molar-refractivity contribution in [3.8, 4) is 0 Å². The molecule has 0 unspecified atom stereocenters. The fourth-order valence-electron chi connectivity index (χ4n) is 2.17. The number of carbonyl (C=O) groups excluding carboxylic acids is 1. The van der Waals surface area contributed by atoms with E-state index in [1.807, 2.05) is 30.3 Å². The van der Waals surface area contributed by atoms with E-state index in [9.17, 15) is 4.79 Å². The number of thioether (sulfide) groups is 1.